The van der Waals surface area contributed by atoms with E-state index in [2.05, 4.69) is 0 Å². The van der Waals surface area contributed by atoms with Crippen LogP contribution in [0.3, 0.4) is 0 Å². The molecule has 2 rings (SSSR count). The van der Waals surface area contributed by atoms with Gasteiger partial charge in [0.05, 0.1) is 25.9 Å². The standard InChI is InChI=1S/C16H21NO3/c1-12-11-20-13(2)10-17(12)16(18)9-8-14-6-4-5-7-15(14)19-3/h4-9,12-13H,10-11H2,1-3H3/b9-8+/t12-,13-/m0/s1. The Kier molecular flexibility index (Phi) is 4.79. The van der Waals surface area contributed by atoms with Crippen molar-refractivity contribution in [3.63, 3.8) is 0 Å². The van der Waals surface area contributed by atoms with Gasteiger partial charge in [0.25, 0.3) is 0 Å². The first kappa shape index (κ1) is 14.6. The van der Waals surface area contributed by atoms with E-state index < -0.39 is 0 Å². The van der Waals surface area contributed by atoms with E-state index in [-0.39, 0.29) is 18.1 Å². The van der Waals surface area contributed by atoms with Crippen molar-refractivity contribution in [1.29, 1.82) is 0 Å². The van der Waals surface area contributed by atoms with Crippen molar-refractivity contribution in [1.82, 2.24) is 4.90 Å². The molecule has 0 spiro atoms. The topological polar surface area (TPSA) is 38.8 Å². The second-order valence-corrected chi connectivity index (χ2v) is 5.06. The highest BCUT2D eigenvalue weighted by Crippen LogP contribution is 2.19. The number of amides is 1. The highest BCUT2D eigenvalue weighted by atomic mass is 16.5. The van der Waals surface area contributed by atoms with Crippen molar-refractivity contribution < 1.29 is 14.3 Å². The van der Waals surface area contributed by atoms with Crippen LogP contribution in [0.4, 0.5) is 0 Å². The van der Waals surface area contributed by atoms with E-state index in [1.807, 2.05) is 43.0 Å². The van der Waals surface area contributed by atoms with Gasteiger partial charge < -0.3 is 14.4 Å². The predicted octanol–water partition coefficient (Wildman–Crippen LogP) is 2.34. The minimum absolute atomic E-state index is 0.0126. The summed E-state index contributed by atoms with van der Waals surface area (Å²) in [5, 5.41) is 0. The average Bonchev–Trinajstić information content (AvgIpc) is 2.47. The van der Waals surface area contributed by atoms with Gasteiger partial charge in [0, 0.05) is 18.2 Å². The van der Waals surface area contributed by atoms with Gasteiger partial charge in [0.2, 0.25) is 5.91 Å². The lowest BCUT2D eigenvalue weighted by atomic mass is 10.1. The second-order valence-electron chi connectivity index (χ2n) is 5.06. The molecule has 20 heavy (non-hydrogen) atoms. The van der Waals surface area contributed by atoms with Crippen LogP contribution in [0.15, 0.2) is 30.3 Å². The molecule has 2 atom stereocenters. The molecule has 0 aromatic heterocycles. The van der Waals surface area contributed by atoms with Crippen LogP contribution in [0.25, 0.3) is 6.08 Å². The Balaban J connectivity index is 2.08. The maximum atomic E-state index is 12.3. The molecule has 1 aliphatic heterocycles. The Morgan fingerprint density at radius 3 is 2.90 bits per heavy atom. The molecule has 1 fully saturated rings. The Morgan fingerprint density at radius 1 is 1.40 bits per heavy atom. The minimum atomic E-state index is 0.0126. The summed E-state index contributed by atoms with van der Waals surface area (Å²) < 4.78 is 10.8. The lowest BCUT2D eigenvalue weighted by Crippen LogP contribution is -2.49. The molecule has 0 radical (unpaired) electrons. The largest absolute Gasteiger partial charge is 0.496 e. The van der Waals surface area contributed by atoms with Crippen LogP contribution in [0.5, 0.6) is 5.75 Å². The van der Waals surface area contributed by atoms with E-state index in [1.54, 1.807) is 19.3 Å². The predicted molar refractivity (Wildman–Crippen MR) is 78.6 cm³/mol. The van der Waals surface area contributed by atoms with Gasteiger partial charge in [-0.1, -0.05) is 18.2 Å². The van der Waals surface area contributed by atoms with E-state index in [4.69, 9.17) is 9.47 Å². The molecule has 0 bridgehead atoms. The fourth-order valence-corrected chi connectivity index (χ4v) is 2.27. The van der Waals surface area contributed by atoms with Crippen LogP contribution >= 0.6 is 0 Å². The summed E-state index contributed by atoms with van der Waals surface area (Å²) in [6, 6.07) is 7.74. The first-order valence-electron chi connectivity index (χ1n) is 6.85. The molecule has 0 saturated carbocycles. The number of carbonyl (C=O) groups is 1. The zero-order chi connectivity index (χ0) is 14.5. The SMILES string of the molecule is COc1ccccc1/C=C/C(=O)N1C[C@H](C)OC[C@@H]1C. The summed E-state index contributed by atoms with van der Waals surface area (Å²) in [5.74, 6) is 0.776. The summed E-state index contributed by atoms with van der Waals surface area (Å²) in [5.41, 5.74) is 0.900. The zero-order valence-corrected chi connectivity index (χ0v) is 12.2. The van der Waals surface area contributed by atoms with Crippen LogP contribution < -0.4 is 4.74 Å². The average molecular weight is 275 g/mol. The summed E-state index contributed by atoms with van der Waals surface area (Å²) in [7, 11) is 1.63. The second kappa shape index (κ2) is 6.57. The smallest absolute Gasteiger partial charge is 0.246 e. The number of benzene rings is 1. The third-order valence-electron chi connectivity index (χ3n) is 3.44. The van der Waals surface area contributed by atoms with Crippen molar-refractivity contribution in [2.45, 2.75) is 26.0 Å². The molecule has 0 N–H and O–H groups in total. The molecule has 1 heterocycles. The van der Waals surface area contributed by atoms with Crippen molar-refractivity contribution in [3.05, 3.63) is 35.9 Å². The molecule has 1 amide bonds. The van der Waals surface area contributed by atoms with Gasteiger partial charge in [0.1, 0.15) is 5.75 Å². The Hall–Kier alpha value is -1.81. The molecule has 1 aliphatic rings. The summed E-state index contributed by atoms with van der Waals surface area (Å²) in [6.45, 7) is 5.21. The van der Waals surface area contributed by atoms with Crippen molar-refractivity contribution in [3.8, 4) is 5.75 Å². The van der Waals surface area contributed by atoms with Crippen LogP contribution in [0.2, 0.25) is 0 Å². The molecule has 0 aliphatic carbocycles. The maximum Gasteiger partial charge on any atom is 0.246 e. The number of ether oxygens (including phenoxy) is 2. The highest BCUT2D eigenvalue weighted by molar-refractivity contribution is 5.92. The van der Waals surface area contributed by atoms with Crippen LogP contribution in [-0.2, 0) is 9.53 Å². The minimum Gasteiger partial charge on any atom is -0.496 e. The van der Waals surface area contributed by atoms with Crippen LogP contribution in [0, 0.1) is 0 Å². The lowest BCUT2D eigenvalue weighted by molar-refractivity contribution is -0.137. The van der Waals surface area contributed by atoms with E-state index in [0.717, 1.165) is 11.3 Å². The number of hydrogen-bond donors (Lipinski definition) is 0. The maximum absolute atomic E-state index is 12.3. The van der Waals surface area contributed by atoms with Gasteiger partial charge in [-0.2, -0.15) is 0 Å². The van der Waals surface area contributed by atoms with Gasteiger partial charge >= 0.3 is 0 Å². The Bertz CT molecular complexity index is 498. The Labute approximate surface area is 120 Å². The fraction of sp³-hybridized carbons (Fsp3) is 0.438. The number of morpholine rings is 1. The quantitative estimate of drug-likeness (QED) is 0.795. The third kappa shape index (κ3) is 3.39. The van der Waals surface area contributed by atoms with E-state index in [0.29, 0.717) is 13.2 Å². The number of carbonyl (C=O) groups excluding carboxylic acids is 1. The first-order chi connectivity index (χ1) is 9.61. The molecule has 0 unspecified atom stereocenters. The van der Waals surface area contributed by atoms with E-state index in [9.17, 15) is 4.79 Å². The van der Waals surface area contributed by atoms with Crippen LogP contribution in [-0.4, -0.2) is 43.2 Å². The number of hydrogen-bond acceptors (Lipinski definition) is 3. The summed E-state index contributed by atoms with van der Waals surface area (Å²) in [6.07, 6.45) is 3.50. The first-order valence-corrected chi connectivity index (χ1v) is 6.85. The molecular formula is C16H21NO3. The monoisotopic (exact) mass is 275 g/mol. The molecule has 1 aromatic carbocycles. The van der Waals surface area contributed by atoms with Gasteiger partial charge in [-0.3, -0.25) is 4.79 Å². The molecule has 4 heteroatoms. The number of para-hydroxylation sites is 1. The van der Waals surface area contributed by atoms with Gasteiger partial charge in [-0.25, -0.2) is 0 Å². The molecule has 4 nitrogen and oxygen atoms in total. The molecule has 1 saturated heterocycles. The zero-order valence-electron chi connectivity index (χ0n) is 12.2. The third-order valence-corrected chi connectivity index (χ3v) is 3.44. The Morgan fingerprint density at radius 2 is 2.15 bits per heavy atom. The van der Waals surface area contributed by atoms with Crippen molar-refractivity contribution in [2.24, 2.45) is 0 Å². The highest BCUT2D eigenvalue weighted by Gasteiger charge is 2.25. The number of methoxy groups -OCH3 is 1. The lowest BCUT2D eigenvalue weighted by Gasteiger charge is -2.36. The summed E-state index contributed by atoms with van der Waals surface area (Å²) >= 11 is 0. The summed E-state index contributed by atoms with van der Waals surface area (Å²) in [4.78, 5) is 14.1. The molecular weight excluding hydrogens is 254 g/mol. The number of rotatable bonds is 3. The van der Waals surface area contributed by atoms with Gasteiger partial charge in [-0.05, 0) is 26.0 Å². The number of nitrogens with zero attached hydrogens (tertiary/aromatic N) is 1. The van der Waals surface area contributed by atoms with Gasteiger partial charge in [0.15, 0.2) is 0 Å². The van der Waals surface area contributed by atoms with Crippen molar-refractivity contribution >= 4 is 12.0 Å². The molecule has 1 aromatic rings. The normalized spacial score (nSPS) is 23.1. The molecule has 108 valence electrons. The van der Waals surface area contributed by atoms with Gasteiger partial charge in [-0.15, -0.1) is 0 Å². The van der Waals surface area contributed by atoms with Crippen LogP contribution in [0.1, 0.15) is 19.4 Å². The van der Waals surface area contributed by atoms with E-state index >= 15 is 0 Å². The fourth-order valence-electron chi connectivity index (χ4n) is 2.27. The van der Waals surface area contributed by atoms with E-state index in [1.165, 1.54) is 0 Å². The van der Waals surface area contributed by atoms with Crippen molar-refractivity contribution in [2.75, 3.05) is 20.3 Å².